The van der Waals surface area contributed by atoms with Gasteiger partial charge in [-0.3, -0.25) is 4.79 Å². The molecular formula is C22H27N3O. The number of carbonyl (C=O) groups is 1. The van der Waals surface area contributed by atoms with Crippen molar-refractivity contribution in [2.24, 2.45) is 5.92 Å². The first-order valence-electron chi connectivity index (χ1n) is 9.68. The Balaban J connectivity index is 1.43. The highest BCUT2D eigenvalue weighted by molar-refractivity contribution is 6.01. The first-order valence-corrected chi connectivity index (χ1v) is 9.68. The Hall–Kier alpha value is -2.49. The minimum atomic E-state index is 0.0150. The lowest BCUT2D eigenvalue weighted by molar-refractivity contribution is 0.0951. The minimum absolute atomic E-state index is 0.0150. The Morgan fingerprint density at radius 1 is 1.04 bits per heavy atom. The van der Waals surface area contributed by atoms with Gasteiger partial charge in [-0.25, -0.2) is 0 Å². The standard InChI is InChI=1S/C22H27N3O/c23-18-6-9-21(20(15-18)22(26)24-19-7-8-19)25-12-10-17(11-13-25)14-16-4-2-1-3-5-16/h1-6,9,15,17,19H,7-8,10-14,23H2,(H,24,26). The van der Waals surface area contributed by atoms with Crippen molar-refractivity contribution in [3.8, 4) is 0 Å². The highest BCUT2D eigenvalue weighted by Crippen LogP contribution is 2.30. The maximum atomic E-state index is 12.6. The van der Waals surface area contributed by atoms with Gasteiger partial charge in [0.1, 0.15) is 0 Å². The predicted molar refractivity (Wildman–Crippen MR) is 106 cm³/mol. The summed E-state index contributed by atoms with van der Waals surface area (Å²) in [6.07, 6.45) is 5.64. The monoisotopic (exact) mass is 349 g/mol. The van der Waals surface area contributed by atoms with Crippen molar-refractivity contribution in [3.05, 3.63) is 59.7 Å². The fourth-order valence-corrected chi connectivity index (χ4v) is 3.83. The average molecular weight is 349 g/mol. The third-order valence-electron chi connectivity index (χ3n) is 5.50. The van der Waals surface area contributed by atoms with Crippen molar-refractivity contribution in [2.45, 2.75) is 38.1 Å². The van der Waals surface area contributed by atoms with Gasteiger partial charge >= 0.3 is 0 Å². The van der Waals surface area contributed by atoms with E-state index >= 15 is 0 Å². The zero-order valence-electron chi connectivity index (χ0n) is 15.2. The van der Waals surface area contributed by atoms with E-state index in [0.717, 1.165) is 56.4 Å². The Morgan fingerprint density at radius 2 is 1.77 bits per heavy atom. The molecule has 1 amide bonds. The molecule has 1 saturated heterocycles. The molecule has 1 aliphatic carbocycles. The maximum absolute atomic E-state index is 12.6. The lowest BCUT2D eigenvalue weighted by Gasteiger charge is -2.34. The molecule has 2 fully saturated rings. The van der Waals surface area contributed by atoms with Crippen LogP contribution in [0.4, 0.5) is 11.4 Å². The summed E-state index contributed by atoms with van der Waals surface area (Å²) in [6.45, 7) is 1.98. The van der Waals surface area contributed by atoms with E-state index in [2.05, 4.69) is 40.5 Å². The number of amides is 1. The first kappa shape index (κ1) is 17.0. The second-order valence-corrected chi connectivity index (χ2v) is 7.64. The van der Waals surface area contributed by atoms with Gasteiger partial charge in [0, 0.05) is 30.5 Å². The Morgan fingerprint density at radius 3 is 2.46 bits per heavy atom. The molecule has 0 bridgehead atoms. The van der Waals surface area contributed by atoms with Gasteiger partial charge in [-0.1, -0.05) is 30.3 Å². The normalized spacial score (nSPS) is 17.9. The van der Waals surface area contributed by atoms with Crippen LogP contribution in [0, 0.1) is 5.92 Å². The number of anilines is 2. The van der Waals surface area contributed by atoms with Gasteiger partial charge in [0.05, 0.1) is 5.56 Å². The number of hydrogen-bond acceptors (Lipinski definition) is 3. The Labute approximate surface area is 155 Å². The summed E-state index contributed by atoms with van der Waals surface area (Å²) in [5.41, 5.74) is 9.76. The molecule has 136 valence electrons. The minimum Gasteiger partial charge on any atom is -0.399 e. The fraction of sp³-hybridized carbons (Fsp3) is 0.409. The topological polar surface area (TPSA) is 58.4 Å². The molecule has 0 spiro atoms. The third kappa shape index (κ3) is 4.01. The largest absolute Gasteiger partial charge is 0.399 e. The molecule has 2 aliphatic rings. The van der Waals surface area contributed by atoms with E-state index in [9.17, 15) is 4.79 Å². The molecular weight excluding hydrogens is 322 g/mol. The predicted octanol–water partition coefficient (Wildman–Crippen LogP) is 3.62. The third-order valence-corrected chi connectivity index (χ3v) is 5.50. The molecule has 2 aromatic rings. The van der Waals surface area contributed by atoms with Gasteiger partial charge in [0.2, 0.25) is 0 Å². The van der Waals surface area contributed by atoms with Crippen LogP contribution < -0.4 is 16.0 Å². The van der Waals surface area contributed by atoms with Gasteiger partial charge in [-0.05, 0) is 61.8 Å². The summed E-state index contributed by atoms with van der Waals surface area (Å²) in [6, 6.07) is 16.8. The highest BCUT2D eigenvalue weighted by Gasteiger charge is 2.27. The average Bonchev–Trinajstić information content (AvgIpc) is 3.47. The van der Waals surface area contributed by atoms with E-state index in [-0.39, 0.29) is 5.91 Å². The number of benzene rings is 2. The molecule has 1 heterocycles. The van der Waals surface area contributed by atoms with Crippen LogP contribution in [0.3, 0.4) is 0 Å². The number of hydrogen-bond donors (Lipinski definition) is 2. The molecule has 1 saturated carbocycles. The molecule has 2 aromatic carbocycles. The van der Waals surface area contributed by atoms with Crippen LogP contribution in [0.25, 0.3) is 0 Å². The van der Waals surface area contributed by atoms with Crippen LogP contribution in [-0.4, -0.2) is 25.0 Å². The summed E-state index contributed by atoms with van der Waals surface area (Å²) in [4.78, 5) is 15.0. The number of piperidine rings is 1. The Bertz CT molecular complexity index is 762. The van der Waals surface area contributed by atoms with Gasteiger partial charge in [0.25, 0.3) is 5.91 Å². The molecule has 26 heavy (non-hydrogen) atoms. The van der Waals surface area contributed by atoms with Crippen LogP contribution >= 0.6 is 0 Å². The number of nitrogens with zero attached hydrogens (tertiary/aromatic N) is 1. The number of nitrogens with two attached hydrogens (primary N) is 1. The van der Waals surface area contributed by atoms with Gasteiger partial charge in [-0.15, -0.1) is 0 Å². The summed E-state index contributed by atoms with van der Waals surface area (Å²) in [7, 11) is 0. The zero-order valence-corrected chi connectivity index (χ0v) is 15.2. The number of carbonyl (C=O) groups excluding carboxylic acids is 1. The molecule has 0 atom stereocenters. The van der Waals surface area contributed by atoms with E-state index in [1.54, 1.807) is 0 Å². The van der Waals surface area contributed by atoms with Crippen LogP contribution in [0.1, 0.15) is 41.6 Å². The van der Waals surface area contributed by atoms with Gasteiger partial charge in [-0.2, -0.15) is 0 Å². The van der Waals surface area contributed by atoms with Gasteiger partial charge in [0.15, 0.2) is 0 Å². The maximum Gasteiger partial charge on any atom is 0.253 e. The van der Waals surface area contributed by atoms with E-state index in [1.807, 2.05) is 18.2 Å². The summed E-state index contributed by atoms with van der Waals surface area (Å²) in [5.74, 6) is 0.729. The molecule has 1 aliphatic heterocycles. The number of rotatable bonds is 5. The first-order chi connectivity index (χ1) is 12.7. The summed E-state index contributed by atoms with van der Waals surface area (Å²) in [5, 5.41) is 3.10. The summed E-state index contributed by atoms with van der Waals surface area (Å²) < 4.78 is 0. The quantitative estimate of drug-likeness (QED) is 0.811. The van der Waals surface area contributed by atoms with E-state index in [4.69, 9.17) is 5.73 Å². The fourth-order valence-electron chi connectivity index (χ4n) is 3.83. The molecule has 4 heteroatoms. The second kappa shape index (κ2) is 7.40. The van der Waals surface area contributed by atoms with Crippen molar-refractivity contribution in [1.29, 1.82) is 0 Å². The molecule has 0 radical (unpaired) electrons. The molecule has 0 unspecified atom stereocenters. The van der Waals surface area contributed by atoms with Crippen molar-refractivity contribution in [3.63, 3.8) is 0 Å². The summed E-state index contributed by atoms with van der Waals surface area (Å²) >= 11 is 0. The number of nitrogens with one attached hydrogen (secondary N) is 1. The lowest BCUT2D eigenvalue weighted by atomic mass is 9.89. The van der Waals surface area contributed by atoms with E-state index < -0.39 is 0 Å². The van der Waals surface area contributed by atoms with E-state index in [1.165, 1.54) is 5.56 Å². The lowest BCUT2D eigenvalue weighted by Crippen LogP contribution is -2.36. The highest BCUT2D eigenvalue weighted by atomic mass is 16.1. The second-order valence-electron chi connectivity index (χ2n) is 7.64. The van der Waals surface area contributed by atoms with Crippen LogP contribution in [0.5, 0.6) is 0 Å². The van der Waals surface area contributed by atoms with E-state index in [0.29, 0.717) is 17.6 Å². The molecule has 0 aromatic heterocycles. The van der Waals surface area contributed by atoms with Crippen molar-refractivity contribution in [2.75, 3.05) is 23.7 Å². The Kier molecular flexibility index (Phi) is 4.83. The van der Waals surface area contributed by atoms with Crippen LogP contribution in [0.15, 0.2) is 48.5 Å². The SMILES string of the molecule is Nc1ccc(N2CCC(Cc3ccccc3)CC2)c(C(=O)NC2CC2)c1. The van der Waals surface area contributed by atoms with Crippen molar-refractivity contribution >= 4 is 17.3 Å². The molecule has 3 N–H and O–H groups in total. The van der Waals surface area contributed by atoms with Crippen LogP contribution in [-0.2, 0) is 6.42 Å². The van der Waals surface area contributed by atoms with Gasteiger partial charge < -0.3 is 16.0 Å². The van der Waals surface area contributed by atoms with Crippen molar-refractivity contribution < 1.29 is 4.79 Å². The molecule has 4 nitrogen and oxygen atoms in total. The van der Waals surface area contributed by atoms with Crippen molar-refractivity contribution in [1.82, 2.24) is 5.32 Å². The van der Waals surface area contributed by atoms with Crippen LogP contribution in [0.2, 0.25) is 0 Å². The zero-order chi connectivity index (χ0) is 17.9. The smallest absolute Gasteiger partial charge is 0.253 e. The molecule has 4 rings (SSSR count). The number of nitrogen functional groups attached to an aromatic ring is 1.